The molecule has 0 fully saturated rings. The van der Waals surface area contributed by atoms with Crippen LogP contribution >= 0.6 is 11.6 Å². The van der Waals surface area contributed by atoms with Crippen LogP contribution in [-0.4, -0.2) is 24.2 Å². The fraction of sp³-hybridized carbons (Fsp3) is 0.200. The molecule has 0 unspecified atom stereocenters. The van der Waals surface area contributed by atoms with E-state index < -0.39 is 6.09 Å². The number of hydrogen-bond acceptors (Lipinski definition) is 6. The monoisotopic (exact) mass is 465 g/mol. The summed E-state index contributed by atoms with van der Waals surface area (Å²) in [5.41, 5.74) is 2.87. The number of pyridine rings is 1. The van der Waals surface area contributed by atoms with Crippen molar-refractivity contribution in [1.82, 2.24) is 10.3 Å². The van der Waals surface area contributed by atoms with Crippen LogP contribution < -0.4 is 20.1 Å². The van der Waals surface area contributed by atoms with Crippen molar-refractivity contribution in [3.05, 3.63) is 83.1 Å². The fourth-order valence-electron chi connectivity index (χ4n) is 3.36. The van der Waals surface area contributed by atoms with Gasteiger partial charge in [-0.15, -0.1) is 0 Å². The highest BCUT2D eigenvalue weighted by molar-refractivity contribution is 6.33. The Morgan fingerprint density at radius 2 is 2.00 bits per heavy atom. The molecule has 33 heavy (non-hydrogen) atoms. The molecule has 0 bridgehead atoms. The number of furan rings is 1. The SMILES string of the molecule is Cc1c(OC(=O)Nc2ccccc2Cl)oc2cccc(OCCCNCc3cccnc3)c12. The largest absolute Gasteiger partial charge is 0.493 e. The zero-order valence-corrected chi connectivity index (χ0v) is 18.9. The highest BCUT2D eigenvalue weighted by atomic mass is 35.5. The van der Waals surface area contributed by atoms with Crippen molar-refractivity contribution in [3.8, 4) is 11.7 Å². The maximum Gasteiger partial charge on any atom is 0.419 e. The van der Waals surface area contributed by atoms with Crippen molar-refractivity contribution in [2.24, 2.45) is 0 Å². The van der Waals surface area contributed by atoms with Gasteiger partial charge >= 0.3 is 6.09 Å². The third kappa shape index (κ3) is 5.83. The number of aryl methyl sites for hydroxylation is 1. The molecule has 2 aromatic heterocycles. The lowest BCUT2D eigenvalue weighted by molar-refractivity contribution is 0.203. The summed E-state index contributed by atoms with van der Waals surface area (Å²) in [5.74, 6) is 0.797. The van der Waals surface area contributed by atoms with Crippen LogP contribution in [0, 0.1) is 6.92 Å². The first-order valence-electron chi connectivity index (χ1n) is 10.6. The lowest BCUT2D eigenvalue weighted by Crippen LogP contribution is -2.17. The van der Waals surface area contributed by atoms with Gasteiger partial charge in [-0.3, -0.25) is 10.3 Å². The summed E-state index contributed by atoms with van der Waals surface area (Å²) in [7, 11) is 0. The number of para-hydroxylation sites is 1. The van der Waals surface area contributed by atoms with Gasteiger partial charge in [-0.05, 0) is 55.8 Å². The van der Waals surface area contributed by atoms with Crippen molar-refractivity contribution in [2.75, 3.05) is 18.5 Å². The Morgan fingerprint density at radius 1 is 1.12 bits per heavy atom. The number of aromatic nitrogens is 1. The van der Waals surface area contributed by atoms with E-state index in [2.05, 4.69) is 15.6 Å². The van der Waals surface area contributed by atoms with Crippen molar-refractivity contribution in [2.45, 2.75) is 19.9 Å². The first-order chi connectivity index (χ1) is 16.1. The van der Waals surface area contributed by atoms with Crippen molar-refractivity contribution in [3.63, 3.8) is 0 Å². The van der Waals surface area contributed by atoms with Crippen LogP contribution in [0.4, 0.5) is 10.5 Å². The van der Waals surface area contributed by atoms with E-state index in [4.69, 9.17) is 25.5 Å². The second-order valence-corrected chi connectivity index (χ2v) is 7.79. The van der Waals surface area contributed by atoms with Gasteiger partial charge in [0.25, 0.3) is 5.95 Å². The smallest absolute Gasteiger partial charge is 0.419 e. The number of ether oxygens (including phenoxy) is 2. The summed E-state index contributed by atoms with van der Waals surface area (Å²) < 4.78 is 17.2. The molecule has 4 aromatic rings. The molecule has 0 radical (unpaired) electrons. The Balaban J connectivity index is 1.34. The Hall–Kier alpha value is -3.55. The van der Waals surface area contributed by atoms with E-state index in [1.54, 1.807) is 30.5 Å². The van der Waals surface area contributed by atoms with Gasteiger partial charge in [-0.1, -0.05) is 35.9 Å². The lowest BCUT2D eigenvalue weighted by Gasteiger charge is -2.09. The zero-order valence-electron chi connectivity index (χ0n) is 18.1. The fourth-order valence-corrected chi connectivity index (χ4v) is 3.54. The Bertz CT molecular complexity index is 1230. The molecule has 170 valence electrons. The summed E-state index contributed by atoms with van der Waals surface area (Å²) >= 11 is 6.08. The number of nitrogens with zero attached hydrogens (tertiary/aromatic N) is 1. The van der Waals surface area contributed by atoms with Crippen LogP contribution in [0.15, 0.2) is 71.4 Å². The first-order valence-corrected chi connectivity index (χ1v) is 11.0. The van der Waals surface area contributed by atoms with Crippen LogP contribution in [0.1, 0.15) is 17.5 Å². The first kappa shape index (κ1) is 22.6. The summed E-state index contributed by atoms with van der Waals surface area (Å²) in [6.07, 6.45) is 3.75. The average molecular weight is 466 g/mol. The molecule has 8 heteroatoms. The minimum atomic E-state index is -0.688. The number of benzene rings is 2. The van der Waals surface area contributed by atoms with Gasteiger partial charge in [0, 0.05) is 24.5 Å². The van der Waals surface area contributed by atoms with Gasteiger partial charge in [-0.25, -0.2) is 4.79 Å². The lowest BCUT2D eigenvalue weighted by atomic mass is 10.1. The molecule has 0 aliphatic carbocycles. The van der Waals surface area contributed by atoms with E-state index in [1.807, 2.05) is 43.5 Å². The quantitative estimate of drug-likeness (QED) is 0.297. The summed E-state index contributed by atoms with van der Waals surface area (Å²) in [6.45, 7) is 3.94. The van der Waals surface area contributed by atoms with E-state index in [9.17, 15) is 4.79 Å². The van der Waals surface area contributed by atoms with Crippen LogP contribution in [-0.2, 0) is 6.54 Å². The van der Waals surface area contributed by atoms with Gasteiger partial charge in [0.05, 0.1) is 22.7 Å². The van der Waals surface area contributed by atoms with E-state index in [1.165, 1.54) is 0 Å². The van der Waals surface area contributed by atoms with Crippen LogP contribution in [0.25, 0.3) is 11.0 Å². The minimum absolute atomic E-state index is 0.115. The molecular formula is C25H24ClN3O4. The number of halogens is 1. The van der Waals surface area contributed by atoms with Gasteiger partial charge < -0.3 is 19.2 Å². The summed E-state index contributed by atoms with van der Waals surface area (Å²) in [5, 5.41) is 7.19. The number of carbonyl (C=O) groups is 1. The second kappa shape index (κ2) is 10.8. The van der Waals surface area contributed by atoms with E-state index in [0.29, 0.717) is 34.2 Å². The molecule has 0 saturated heterocycles. The van der Waals surface area contributed by atoms with Gasteiger partial charge in [0.1, 0.15) is 11.3 Å². The van der Waals surface area contributed by atoms with Crippen LogP contribution in [0.3, 0.4) is 0 Å². The predicted octanol–water partition coefficient (Wildman–Crippen LogP) is 5.96. The Morgan fingerprint density at radius 3 is 2.82 bits per heavy atom. The Kier molecular flexibility index (Phi) is 7.44. The second-order valence-electron chi connectivity index (χ2n) is 7.38. The third-order valence-electron chi connectivity index (χ3n) is 4.98. The van der Waals surface area contributed by atoms with Crippen LogP contribution in [0.5, 0.6) is 11.7 Å². The van der Waals surface area contributed by atoms with Gasteiger partial charge in [-0.2, -0.15) is 0 Å². The van der Waals surface area contributed by atoms with Crippen molar-refractivity contribution < 1.29 is 18.7 Å². The molecule has 4 rings (SSSR count). The minimum Gasteiger partial charge on any atom is -0.493 e. The molecule has 0 saturated carbocycles. The van der Waals surface area contributed by atoms with E-state index in [-0.39, 0.29) is 5.95 Å². The topological polar surface area (TPSA) is 85.6 Å². The molecule has 2 heterocycles. The highest BCUT2D eigenvalue weighted by Crippen LogP contribution is 2.37. The van der Waals surface area contributed by atoms with Crippen molar-refractivity contribution in [1.29, 1.82) is 0 Å². The van der Waals surface area contributed by atoms with Crippen molar-refractivity contribution >= 4 is 34.4 Å². The molecule has 7 nitrogen and oxygen atoms in total. The number of anilines is 1. The molecule has 0 atom stereocenters. The molecule has 0 aliphatic heterocycles. The normalized spacial score (nSPS) is 10.8. The molecule has 1 amide bonds. The number of nitrogens with one attached hydrogen (secondary N) is 2. The predicted molar refractivity (Wildman–Crippen MR) is 128 cm³/mol. The summed E-state index contributed by atoms with van der Waals surface area (Å²) in [6, 6.07) is 16.4. The highest BCUT2D eigenvalue weighted by Gasteiger charge is 2.19. The third-order valence-corrected chi connectivity index (χ3v) is 5.30. The standard InChI is InChI=1S/C25H24ClN3O4/c1-17-23-21(31-14-6-13-28-16-18-7-5-12-27-15-18)10-4-11-22(23)32-24(17)33-25(30)29-20-9-3-2-8-19(20)26/h2-5,7-12,15,28H,6,13-14,16H2,1H3,(H,29,30). The maximum atomic E-state index is 12.3. The zero-order chi connectivity index (χ0) is 23.0. The number of fused-ring (bicyclic) bond motifs is 1. The number of rotatable bonds is 9. The number of carbonyl (C=O) groups excluding carboxylic acids is 1. The van der Waals surface area contributed by atoms with Gasteiger partial charge in [0.15, 0.2) is 0 Å². The molecule has 0 spiro atoms. The van der Waals surface area contributed by atoms with Gasteiger partial charge in [0.2, 0.25) is 0 Å². The maximum absolute atomic E-state index is 12.3. The molecular weight excluding hydrogens is 442 g/mol. The summed E-state index contributed by atoms with van der Waals surface area (Å²) in [4.78, 5) is 16.4. The molecule has 2 aromatic carbocycles. The average Bonchev–Trinajstić information content (AvgIpc) is 3.14. The number of hydrogen-bond donors (Lipinski definition) is 2. The van der Waals surface area contributed by atoms with E-state index in [0.717, 1.165) is 30.5 Å². The van der Waals surface area contributed by atoms with Crippen LogP contribution in [0.2, 0.25) is 5.02 Å². The Labute approximate surface area is 196 Å². The molecule has 0 aliphatic rings. The van der Waals surface area contributed by atoms with E-state index >= 15 is 0 Å². The molecule has 2 N–H and O–H groups in total. The number of amides is 1.